The lowest BCUT2D eigenvalue weighted by atomic mass is 10.3. The Balaban J connectivity index is 2.14. The minimum atomic E-state index is -3.66. The Hall–Kier alpha value is -0.430. The summed E-state index contributed by atoms with van der Waals surface area (Å²) in [5.41, 5.74) is 0. The number of halogens is 1. The molecule has 1 aliphatic heterocycles. The Morgan fingerprint density at radius 3 is 2.56 bits per heavy atom. The maximum atomic E-state index is 11.8. The molecule has 16 heavy (non-hydrogen) atoms. The Kier molecular flexibility index (Phi) is 3.63. The molecule has 1 atom stereocenters. The molecule has 0 bridgehead atoms. The summed E-state index contributed by atoms with van der Waals surface area (Å²) in [7, 11) is -3.66. The van der Waals surface area contributed by atoms with Gasteiger partial charge in [-0.2, -0.15) is 8.42 Å². The Labute approximate surface area is 103 Å². The molecule has 0 unspecified atom stereocenters. The largest absolute Gasteiger partial charge is 0.379 e. The maximum Gasteiger partial charge on any atom is 0.297 e. The summed E-state index contributed by atoms with van der Waals surface area (Å²) in [6, 6.07) is 6.35. The highest BCUT2D eigenvalue weighted by atomic mass is 79.9. The Bertz CT molecular complexity index is 448. The number of benzene rings is 1. The van der Waals surface area contributed by atoms with Crippen LogP contribution in [0.25, 0.3) is 0 Å². The topological polar surface area (TPSA) is 52.6 Å². The minimum Gasteiger partial charge on any atom is -0.379 e. The van der Waals surface area contributed by atoms with Crippen molar-refractivity contribution in [2.24, 2.45) is 0 Å². The number of rotatable bonds is 3. The van der Waals surface area contributed by atoms with Gasteiger partial charge in [0, 0.05) is 17.5 Å². The molecule has 1 aromatic rings. The molecule has 2 rings (SSSR count). The van der Waals surface area contributed by atoms with Crippen LogP contribution in [-0.2, 0) is 19.0 Å². The predicted molar refractivity (Wildman–Crippen MR) is 61.6 cm³/mol. The van der Waals surface area contributed by atoms with Crippen molar-refractivity contribution in [1.29, 1.82) is 0 Å². The van der Waals surface area contributed by atoms with E-state index in [-0.39, 0.29) is 11.0 Å². The van der Waals surface area contributed by atoms with Crippen molar-refractivity contribution in [2.75, 3.05) is 13.2 Å². The molecular weight excluding hydrogens is 296 g/mol. The molecule has 0 N–H and O–H groups in total. The van der Waals surface area contributed by atoms with E-state index in [1.807, 2.05) is 0 Å². The molecule has 0 saturated carbocycles. The lowest BCUT2D eigenvalue weighted by molar-refractivity contribution is 0.145. The third-order valence-corrected chi connectivity index (χ3v) is 4.16. The third-order valence-electron chi connectivity index (χ3n) is 2.25. The van der Waals surface area contributed by atoms with E-state index in [1.165, 1.54) is 12.1 Å². The first-order chi connectivity index (χ1) is 7.58. The molecule has 1 aliphatic rings. The standard InChI is InChI=1S/C10H11BrO4S/c11-8-1-3-10(4-2-8)16(12,13)15-9-5-6-14-7-9/h1-4,9H,5-7H2/t9-/m0/s1. The number of ether oxygens (including phenoxy) is 1. The monoisotopic (exact) mass is 306 g/mol. The predicted octanol–water partition coefficient (Wildman–Crippen LogP) is 1.94. The summed E-state index contributed by atoms with van der Waals surface area (Å²) in [5, 5.41) is 0. The van der Waals surface area contributed by atoms with Gasteiger partial charge in [-0.15, -0.1) is 0 Å². The highest BCUT2D eigenvalue weighted by molar-refractivity contribution is 9.10. The van der Waals surface area contributed by atoms with Crippen molar-refractivity contribution in [3.05, 3.63) is 28.7 Å². The lowest BCUT2D eigenvalue weighted by Gasteiger charge is -2.09. The quantitative estimate of drug-likeness (QED) is 0.801. The van der Waals surface area contributed by atoms with Gasteiger partial charge in [-0.25, -0.2) is 0 Å². The summed E-state index contributed by atoms with van der Waals surface area (Å²) in [4.78, 5) is 0.169. The first-order valence-electron chi connectivity index (χ1n) is 4.84. The van der Waals surface area contributed by atoms with Gasteiger partial charge in [0.05, 0.1) is 11.5 Å². The van der Waals surface area contributed by atoms with Crippen LogP contribution in [0.1, 0.15) is 6.42 Å². The normalized spacial score (nSPS) is 21.2. The summed E-state index contributed by atoms with van der Waals surface area (Å²) in [5.74, 6) is 0. The van der Waals surface area contributed by atoms with E-state index in [0.29, 0.717) is 19.6 Å². The van der Waals surface area contributed by atoms with E-state index in [1.54, 1.807) is 12.1 Å². The number of hydrogen-bond donors (Lipinski definition) is 0. The van der Waals surface area contributed by atoms with Gasteiger partial charge in [-0.05, 0) is 24.3 Å². The number of hydrogen-bond acceptors (Lipinski definition) is 4. The molecule has 1 saturated heterocycles. The molecule has 1 fully saturated rings. The molecule has 0 aromatic heterocycles. The van der Waals surface area contributed by atoms with Crippen LogP contribution in [0.3, 0.4) is 0 Å². The van der Waals surface area contributed by atoms with Gasteiger partial charge in [-0.1, -0.05) is 15.9 Å². The molecule has 0 aliphatic carbocycles. The second-order valence-electron chi connectivity index (χ2n) is 3.49. The molecule has 88 valence electrons. The van der Waals surface area contributed by atoms with Gasteiger partial charge in [0.15, 0.2) is 0 Å². The minimum absolute atomic E-state index is 0.169. The Morgan fingerprint density at radius 1 is 1.31 bits per heavy atom. The molecule has 6 heteroatoms. The average Bonchev–Trinajstić information content (AvgIpc) is 2.70. The smallest absolute Gasteiger partial charge is 0.297 e. The molecule has 4 nitrogen and oxygen atoms in total. The Morgan fingerprint density at radius 2 is 2.00 bits per heavy atom. The van der Waals surface area contributed by atoms with Gasteiger partial charge in [0.25, 0.3) is 10.1 Å². The van der Waals surface area contributed by atoms with E-state index in [4.69, 9.17) is 8.92 Å². The van der Waals surface area contributed by atoms with Crippen molar-refractivity contribution in [1.82, 2.24) is 0 Å². The van der Waals surface area contributed by atoms with Gasteiger partial charge in [0.1, 0.15) is 6.10 Å². The van der Waals surface area contributed by atoms with Gasteiger partial charge >= 0.3 is 0 Å². The van der Waals surface area contributed by atoms with Crippen LogP contribution in [0.4, 0.5) is 0 Å². The van der Waals surface area contributed by atoms with Crippen molar-refractivity contribution in [2.45, 2.75) is 17.4 Å². The molecule has 1 aromatic carbocycles. The van der Waals surface area contributed by atoms with Crippen LogP contribution in [0, 0.1) is 0 Å². The fraction of sp³-hybridized carbons (Fsp3) is 0.400. The van der Waals surface area contributed by atoms with Crippen molar-refractivity contribution >= 4 is 26.0 Å². The van der Waals surface area contributed by atoms with Crippen LogP contribution in [0.15, 0.2) is 33.6 Å². The molecule has 1 heterocycles. The van der Waals surface area contributed by atoms with Gasteiger partial charge < -0.3 is 4.74 Å². The SMILES string of the molecule is O=S(=O)(O[C@H]1CCOC1)c1ccc(Br)cc1. The van der Waals surface area contributed by atoms with E-state index in [9.17, 15) is 8.42 Å². The van der Waals surface area contributed by atoms with Crippen molar-refractivity contribution in [3.63, 3.8) is 0 Å². The lowest BCUT2D eigenvalue weighted by Crippen LogP contribution is -2.18. The molecule has 0 spiro atoms. The van der Waals surface area contributed by atoms with E-state index >= 15 is 0 Å². The van der Waals surface area contributed by atoms with E-state index in [2.05, 4.69) is 15.9 Å². The zero-order chi connectivity index (χ0) is 11.6. The fourth-order valence-corrected chi connectivity index (χ4v) is 2.78. The second kappa shape index (κ2) is 4.83. The second-order valence-corrected chi connectivity index (χ2v) is 5.98. The van der Waals surface area contributed by atoms with E-state index in [0.717, 1.165) is 4.47 Å². The first kappa shape index (κ1) is 12.0. The summed E-state index contributed by atoms with van der Waals surface area (Å²) in [6.45, 7) is 0.899. The molecular formula is C10H11BrO4S. The van der Waals surface area contributed by atoms with Crippen molar-refractivity contribution in [3.8, 4) is 0 Å². The van der Waals surface area contributed by atoms with Gasteiger partial charge in [0.2, 0.25) is 0 Å². The summed E-state index contributed by atoms with van der Waals surface area (Å²) < 4.78 is 34.6. The molecule has 0 radical (unpaired) electrons. The molecule has 0 amide bonds. The third kappa shape index (κ3) is 2.82. The zero-order valence-corrected chi connectivity index (χ0v) is 10.8. The van der Waals surface area contributed by atoms with Crippen LogP contribution in [0.5, 0.6) is 0 Å². The summed E-state index contributed by atoms with van der Waals surface area (Å²) >= 11 is 3.24. The van der Waals surface area contributed by atoms with Gasteiger partial charge in [-0.3, -0.25) is 4.18 Å². The van der Waals surface area contributed by atoms with E-state index < -0.39 is 10.1 Å². The maximum absolute atomic E-state index is 11.8. The highest BCUT2D eigenvalue weighted by Crippen LogP contribution is 2.20. The van der Waals surface area contributed by atoms with Crippen LogP contribution in [-0.4, -0.2) is 27.7 Å². The first-order valence-corrected chi connectivity index (χ1v) is 7.05. The van der Waals surface area contributed by atoms with Crippen LogP contribution < -0.4 is 0 Å². The zero-order valence-electron chi connectivity index (χ0n) is 8.43. The van der Waals surface area contributed by atoms with Crippen LogP contribution >= 0.6 is 15.9 Å². The average molecular weight is 307 g/mol. The van der Waals surface area contributed by atoms with Crippen molar-refractivity contribution < 1.29 is 17.3 Å². The summed E-state index contributed by atoms with van der Waals surface area (Å²) in [6.07, 6.45) is 0.268. The highest BCUT2D eigenvalue weighted by Gasteiger charge is 2.24. The van der Waals surface area contributed by atoms with Crippen LogP contribution in [0.2, 0.25) is 0 Å². The fourth-order valence-electron chi connectivity index (χ4n) is 1.42.